The van der Waals surface area contributed by atoms with Gasteiger partial charge in [-0.3, -0.25) is 14.9 Å². The van der Waals surface area contributed by atoms with Crippen LogP contribution in [0.1, 0.15) is 13.3 Å². The van der Waals surface area contributed by atoms with Gasteiger partial charge >= 0.3 is 0 Å². The fraction of sp³-hybridized carbons (Fsp3) is 0.316. The molecule has 1 saturated heterocycles. The zero-order chi connectivity index (χ0) is 21.0. The highest BCUT2D eigenvalue weighted by Crippen LogP contribution is 2.27. The molecule has 1 heterocycles. The normalized spacial score (nSPS) is 16.8. The Morgan fingerprint density at radius 1 is 1.17 bits per heavy atom. The van der Waals surface area contributed by atoms with Crippen LogP contribution in [0.3, 0.4) is 0 Å². The maximum absolute atomic E-state index is 12.4. The van der Waals surface area contributed by atoms with Gasteiger partial charge in [0, 0.05) is 37.3 Å². The van der Waals surface area contributed by atoms with Crippen LogP contribution >= 0.6 is 0 Å². The molecule has 0 bridgehead atoms. The lowest BCUT2D eigenvalue weighted by atomic mass is 10.1. The summed E-state index contributed by atoms with van der Waals surface area (Å²) in [5, 5.41) is 10.7. The van der Waals surface area contributed by atoms with E-state index in [0.717, 1.165) is 23.6 Å². The number of hydrogen-bond donors (Lipinski definition) is 1. The monoisotopic (exact) mass is 419 g/mol. The number of nitro benzene ring substituents is 1. The Kier molecular flexibility index (Phi) is 6.14. The van der Waals surface area contributed by atoms with Crippen LogP contribution in [0.4, 0.5) is 11.4 Å². The van der Waals surface area contributed by atoms with Gasteiger partial charge in [0.2, 0.25) is 15.9 Å². The van der Waals surface area contributed by atoms with E-state index in [2.05, 4.69) is 4.72 Å². The molecular formula is C19H21N3O6S. The van der Waals surface area contributed by atoms with E-state index in [0.29, 0.717) is 13.2 Å². The zero-order valence-electron chi connectivity index (χ0n) is 15.8. The van der Waals surface area contributed by atoms with E-state index in [4.69, 9.17) is 4.74 Å². The Bertz CT molecular complexity index is 990. The molecule has 1 aliphatic rings. The molecule has 9 nitrogen and oxygen atoms in total. The number of nitrogens with zero attached hydrogens (tertiary/aromatic N) is 2. The molecule has 1 aliphatic heterocycles. The third kappa shape index (κ3) is 4.90. The first kappa shape index (κ1) is 20.7. The number of amides is 1. The van der Waals surface area contributed by atoms with E-state index in [1.165, 1.54) is 12.1 Å². The average molecular weight is 419 g/mol. The van der Waals surface area contributed by atoms with Gasteiger partial charge in [-0.05, 0) is 49.2 Å². The number of nitrogens with one attached hydrogen (secondary N) is 1. The summed E-state index contributed by atoms with van der Waals surface area (Å²) in [6.45, 7) is 2.94. The second-order valence-electron chi connectivity index (χ2n) is 6.60. The van der Waals surface area contributed by atoms with Crippen molar-refractivity contribution in [3.8, 4) is 5.75 Å². The van der Waals surface area contributed by atoms with E-state index in [1.54, 1.807) is 29.2 Å². The molecule has 1 amide bonds. The van der Waals surface area contributed by atoms with Crippen LogP contribution in [0.5, 0.6) is 5.75 Å². The number of non-ortho nitro benzene ring substituents is 1. The minimum absolute atomic E-state index is 0.0595. The molecule has 0 spiro atoms. The standard InChI is InChI=1S/C19H21N3O6S/c1-2-28-17-7-3-15(4-8-17)21-13-14(11-19(21)23)12-20-29(26,27)18-9-5-16(6-10-18)22(24)25/h3-10,14,20H,2,11-13H2,1H3. The number of benzene rings is 2. The maximum atomic E-state index is 12.4. The van der Waals surface area contributed by atoms with Gasteiger partial charge in [-0.1, -0.05) is 0 Å². The van der Waals surface area contributed by atoms with Crippen LogP contribution < -0.4 is 14.4 Å². The minimum Gasteiger partial charge on any atom is -0.494 e. The first-order valence-electron chi connectivity index (χ1n) is 9.07. The van der Waals surface area contributed by atoms with Crippen molar-refractivity contribution >= 4 is 27.3 Å². The predicted molar refractivity (Wildman–Crippen MR) is 106 cm³/mol. The molecule has 0 aliphatic carbocycles. The maximum Gasteiger partial charge on any atom is 0.269 e. The van der Waals surface area contributed by atoms with Crippen molar-refractivity contribution in [2.75, 3.05) is 24.6 Å². The van der Waals surface area contributed by atoms with Crippen molar-refractivity contribution in [1.82, 2.24) is 4.72 Å². The molecule has 1 unspecified atom stereocenters. The lowest BCUT2D eigenvalue weighted by molar-refractivity contribution is -0.384. The van der Waals surface area contributed by atoms with Crippen LogP contribution in [0.15, 0.2) is 53.4 Å². The molecule has 0 aromatic heterocycles. The summed E-state index contributed by atoms with van der Waals surface area (Å²) in [5.74, 6) is 0.464. The fourth-order valence-corrected chi connectivity index (χ4v) is 4.23. The zero-order valence-corrected chi connectivity index (χ0v) is 16.6. The molecule has 1 atom stereocenters. The number of hydrogen-bond acceptors (Lipinski definition) is 6. The first-order valence-corrected chi connectivity index (χ1v) is 10.6. The van der Waals surface area contributed by atoms with Crippen LogP contribution in [0.25, 0.3) is 0 Å². The largest absolute Gasteiger partial charge is 0.494 e. The summed E-state index contributed by atoms with van der Waals surface area (Å²) in [6, 6.07) is 11.8. The quantitative estimate of drug-likeness (QED) is 0.518. The number of carbonyl (C=O) groups excluding carboxylic acids is 1. The number of rotatable bonds is 8. The van der Waals surface area contributed by atoms with Crippen molar-refractivity contribution in [2.24, 2.45) is 5.92 Å². The number of sulfonamides is 1. The highest BCUT2D eigenvalue weighted by molar-refractivity contribution is 7.89. The van der Waals surface area contributed by atoms with Gasteiger partial charge in [0.05, 0.1) is 16.4 Å². The van der Waals surface area contributed by atoms with Gasteiger partial charge in [0.15, 0.2) is 0 Å². The SMILES string of the molecule is CCOc1ccc(N2CC(CNS(=O)(=O)c3ccc([N+](=O)[O-])cc3)CC2=O)cc1. The van der Waals surface area contributed by atoms with Crippen molar-refractivity contribution in [3.05, 3.63) is 58.6 Å². The van der Waals surface area contributed by atoms with E-state index in [1.807, 2.05) is 6.92 Å². The van der Waals surface area contributed by atoms with Crippen LogP contribution in [0.2, 0.25) is 0 Å². The molecule has 0 radical (unpaired) electrons. The van der Waals surface area contributed by atoms with Gasteiger partial charge in [-0.25, -0.2) is 13.1 Å². The Labute approximate surface area is 168 Å². The average Bonchev–Trinajstić information content (AvgIpc) is 3.08. The molecule has 2 aromatic carbocycles. The lowest BCUT2D eigenvalue weighted by Gasteiger charge is -2.17. The number of ether oxygens (including phenoxy) is 1. The van der Waals surface area contributed by atoms with Gasteiger partial charge < -0.3 is 9.64 Å². The number of carbonyl (C=O) groups is 1. The van der Waals surface area contributed by atoms with Crippen LogP contribution in [-0.2, 0) is 14.8 Å². The topological polar surface area (TPSA) is 119 Å². The number of anilines is 1. The second kappa shape index (κ2) is 8.58. The smallest absolute Gasteiger partial charge is 0.269 e. The second-order valence-corrected chi connectivity index (χ2v) is 8.37. The minimum atomic E-state index is -3.82. The highest BCUT2D eigenvalue weighted by atomic mass is 32.2. The Morgan fingerprint density at radius 3 is 2.41 bits per heavy atom. The summed E-state index contributed by atoms with van der Waals surface area (Å²) >= 11 is 0. The van der Waals surface area contributed by atoms with Gasteiger partial charge in [0.1, 0.15) is 5.75 Å². The predicted octanol–water partition coefficient (Wildman–Crippen LogP) is 2.32. The molecule has 2 aromatic rings. The molecule has 154 valence electrons. The van der Waals surface area contributed by atoms with E-state index < -0.39 is 14.9 Å². The molecular weight excluding hydrogens is 398 g/mol. The fourth-order valence-electron chi connectivity index (χ4n) is 3.11. The third-order valence-corrected chi connectivity index (χ3v) is 6.02. The van der Waals surface area contributed by atoms with E-state index in [-0.39, 0.29) is 35.4 Å². The molecule has 0 saturated carbocycles. The van der Waals surface area contributed by atoms with Crippen LogP contribution in [-0.4, -0.2) is 38.9 Å². The molecule has 10 heteroatoms. The van der Waals surface area contributed by atoms with Crippen molar-refractivity contribution in [1.29, 1.82) is 0 Å². The van der Waals surface area contributed by atoms with Crippen molar-refractivity contribution < 1.29 is 22.9 Å². The van der Waals surface area contributed by atoms with Gasteiger partial charge in [-0.15, -0.1) is 0 Å². The van der Waals surface area contributed by atoms with E-state index >= 15 is 0 Å². The molecule has 29 heavy (non-hydrogen) atoms. The summed E-state index contributed by atoms with van der Waals surface area (Å²) in [7, 11) is -3.82. The van der Waals surface area contributed by atoms with Gasteiger partial charge in [-0.2, -0.15) is 0 Å². The van der Waals surface area contributed by atoms with Crippen molar-refractivity contribution in [3.63, 3.8) is 0 Å². The molecule has 3 rings (SSSR count). The summed E-state index contributed by atoms with van der Waals surface area (Å²) < 4.78 is 32.7. The Morgan fingerprint density at radius 2 is 1.83 bits per heavy atom. The van der Waals surface area contributed by atoms with Crippen LogP contribution in [0, 0.1) is 16.0 Å². The molecule has 1 fully saturated rings. The summed E-state index contributed by atoms with van der Waals surface area (Å²) in [6.07, 6.45) is 0.232. The summed E-state index contributed by atoms with van der Waals surface area (Å²) in [5.41, 5.74) is 0.551. The highest BCUT2D eigenvalue weighted by Gasteiger charge is 2.31. The molecule has 1 N–H and O–H groups in total. The van der Waals surface area contributed by atoms with Crippen molar-refractivity contribution in [2.45, 2.75) is 18.2 Å². The Hall–Kier alpha value is -2.98. The summed E-state index contributed by atoms with van der Waals surface area (Å²) in [4.78, 5) is 24.0. The first-order chi connectivity index (χ1) is 13.8. The lowest BCUT2D eigenvalue weighted by Crippen LogP contribution is -2.31. The number of nitro groups is 1. The van der Waals surface area contributed by atoms with E-state index in [9.17, 15) is 23.3 Å². The van der Waals surface area contributed by atoms with Gasteiger partial charge in [0.25, 0.3) is 5.69 Å². The Balaban J connectivity index is 1.61. The third-order valence-electron chi connectivity index (χ3n) is 4.58.